The Labute approximate surface area is 113 Å². The van der Waals surface area contributed by atoms with Crippen molar-refractivity contribution >= 4 is 11.7 Å². The van der Waals surface area contributed by atoms with E-state index >= 15 is 0 Å². The number of allylic oxidation sites excluding steroid dienone is 4. The SMILES string of the molecule is C=C(/C=C\C)C/C=C\N(N)c1cccc(C(=O)O)c1. The molecule has 0 unspecified atom stereocenters. The quantitative estimate of drug-likeness (QED) is 0.467. The van der Waals surface area contributed by atoms with Crippen molar-refractivity contribution in [2.45, 2.75) is 13.3 Å². The molecule has 0 radical (unpaired) electrons. The summed E-state index contributed by atoms with van der Waals surface area (Å²) >= 11 is 0. The first-order valence-electron chi connectivity index (χ1n) is 5.89. The van der Waals surface area contributed by atoms with Crippen LogP contribution in [-0.4, -0.2) is 11.1 Å². The first kappa shape index (κ1) is 14.7. The highest BCUT2D eigenvalue weighted by Crippen LogP contribution is 2.14. The molecule has 0 aliphatic carbocycles. The van der Waals surface area contributed by atoms with Crippen molar-refractivity contribution < 1.29 is 9.90 Å². The second kappa shape index (κ2) is 7.18. The zero-order valence-electron chi connectivity index (χ0n) is 10.9. The molecule has 0 saturated heterocycles. The largest absolute Gasteiger partial charge is 0.478 e. The van der Waals surface area contributed by atoms with Crippen LogP contribution in [0, 0.1) is 0 Å². The molecule has 0 heterocycles. The second-order valence-corrected chi connectivity index (χ2v) is 4.01. The third-order valence-corrected chi connectivity index (χ3v) is 2.44. The van der Waals surface area contributed by atoms with Crippen molar-refractivity contribution in [3.63, 3.8) is 0 Å². The van der Waals surface area contributed by atoms with E-state index in [-0.39, 0.29) is 5.56 Å². The standard InChI is InChI=1S/C15H18N2O2/c1-3-6-12(2)7-5-10-17(16)14-9-4-8-13(11-14)15(18)19/h3-6,8-11H,2,7,16H2,1H3,(H,18,19)/b6-3-,10-5-. The van der Waals surface area contributed by atoms with Gasteiger partial charge in [0.1, 0.15) is 0 Å². The zero-order valence-corrected chi connectivity index (χ0v) is 10.9. The zero-order chi connectivity index (χ0) is 14.3. The fourth-order valence-corrected chi connectivity index (χ4v) is 1.51. The highest BCUT2D eigenvalue weighted by Gasteiger charge is 2.04. The molecule has 1 rings (SSSR count). The van der Waals surface area contributed by atoms with E-state index in [2.05, 4.69) is 6.58 Å². The Hall–Kier alpha value is -2.33. The molecule has 3 N–H and O–H groups in total. The van der Waals surface area contributed by atoms with E-state index in [1.807, 2.05) is 25.2 Å². The maximum Gasteiger partial charge on any atom is 0.335 e. The number of hydrogen-bond acceptors (Lipinski definition) is 3. The number of hydrogen-bond donors (Lipinski definition) is 2. The molecule has 1 aromatic rings. The van der Waals surface area contributed by atoms with Gasteiger partial charge in [-0.15, -0.1) is 0 Å². The summed E-state index contributed by atoms with van der Waals surface area (Å²) in [6.45, 7) is 5.81. The molecule has 0 aliphatic heterocycles. The maximum atomic E-state index is 10.9. The summed E-state index contributed by atoms with van der Waals surface area (Å²) in [5, 5.41) is 10.3. The third kappa shape index (κ3) is 4.81. The molecule has 100 valence electrons. The van der Waals surface area contributed by atoms with E-state index in [0.29, 0.717) is 12.1 Å². The number of carboxylic acids is 1. The van der Waals surface area contributed by atoms with Crippen LogP contribution in [0.15, 0.2) is 60.8 Å². The second-order valence-electron chi connectivity index (χ2n) is 4.01. The van der Waals surface area contributed by atoms with Crippen molar-refractivity contribution in [2.24, 2.45) is 5.84 Å². The first-order chi connectivity index (χ1) is 9.04. The van der Waals surface area contributed by atoms with E-state index in [1.54, 1.807) is 18.3 Å². The van der Waals surface area contributed by atoms with Crippen molar-refractivity contribution in [2.75, 3.05) is 5.01 Å². The van der Waals surface area contributed by atoms with Crippen LogP contribution in [0.1, 0.15) is 23.7 Å². The van der Waals surface area contributed by atoms with E-state index in [4.69, 9.17) is 10.9 Å². The van der Waals surface area contributed by atoms with Crippen molar-refractivity contribution in [1.29, 1.82) is 0 Å². The fraction of sp³-hybridized carbons (Fsp3) is 0.133. The van der Waals surface area contributed by atoms with Crippen molar-refractivity contribution in [1.82, 2.24) is 0 Å². The molecule has 4 heteroatoms. The van der Waals surface area contributed by atoms with Crippen LogP contribution < -0.4 is 10.9 Å². The monoisotopic (exact) mass is 258 g/mol. The Balaban J connectivity index is 2.70. The smallest absolute Gasteiger partial charge is 0.335 e. The summed E-state index contributed by atoms with van der Waals surface area (Å²) in [6, 6.07) is 6.45. The number of hydrazine groups is 1. The van der Waals surface area contributed by atoms with E-state index in [0.717, 1.165) is 5.57 Å². The lowest BCUT2D eigenvalue weighted by Crippen LogP contribution is -2.24. The van der Waals surface area contributed by atoms with Gasteiger partial charge in [-0.2, -0.15) is 0 Å². The third-order valence-electron chi connectivity index (χ3n) is 2.44. The Morgan fingerprint density at radius 2 is 2.26 bits per heavy atom. The highest BCUT2D eigenvalue weighted by molar-refractivity contribution is 5.88. The molecule has 0 spiro atoms. The van der Waals surface area contributed by atoms with Gasteiger partial charge in [0, 0.05) is 6.20 Å². The predicted molar refractivity (Wildman–Crippen MR) is 77.8 cm³/mol. The number of carboxylic acid groups (broad SMARTS) is 1. The van der Waals surface area contributed by atoms with Gasteiger partial charge < -0.3 is 5.11 Å². The van der Waals surface area contributed by atoms with Gasteiger partial charge in [-0.3, -0.25) is 5.01 Å². The minimum Gasteiger partial charge on any atom is -0.478 e. The van der Waals surface area contributed by atoms with Crippen LogP contribution in [0.25, 0.3) is 0 Å². The van der Waals surface area contributed by atoms with Crippen LogP contribution in [-0.2, 0) is 0 Å². The van der Waals surface area contributed by atoms with Gasteiger partial charge in [-0.05, 0) is 31.5 Å². The lowest BCUT2D eigenvalue weighted by molar-refractivity contribution is 0.0697. The minimum atomic E-state index is -0.972. The molecular weight excluding hydrogens is 240 g/mol. The van der Waals surface area contributed by atoms with Gasteiger partial charge in [-0.1, -0.05) is 36.4 Å². The summed E-state index contributed by atoms with van der Waals surface area (Å²) in [4.78, 5) is 10.9. The predicted octanol–water partition coefficient (Wildman–Crippen LogP) is 3.10. The molecule has 19 heavy (non-hydrogen) atoms. The van der Waals surface area contributed by atoms with Crippen LogP contribution in [0.2, 0.25) is 0 Å². The van der Waals surface area contributed by atoms with Crippen LogP contribution in [0.3, 0.4) is 0 Å². The van der Waals surface area contributed by atoms with Gasteiger partial charge >= 0.3 is 5.97 Å². The Kier molecular flexibility index (Phi) is 5.57. The van der Waals surface area contributed by atoms with E-state index in [9.17, 15) is 4.79 Å². The number of rotatable bonds is 6. The number of benzene rings is 1. The van der Waals surface area contributed by atoms with Gasteiger partial charge in [0.25, 0.3) is 0 Å². The Morgan fingerprint density at radius 1 is 1.53 bits per heavy atom. The Morgan fingerprint density at radius 3 is 2.89 bits per heavy atom. The molecule has 0 atom stereocenters. The lowest BCUT2D eigenvalue weighted by atomic mass is 10.2. The fourth-order valence-electron chi connectivity index (χ4n) is 1.51. The summed E-state index contributed by atoms with van der Waals surface area (Å²) in [6.07, 6.45) is 8.10. The van der Waals surface area contributed by atoms with Gasteiger partial charge in [0.05, 0.1) is 11.3 Å². The van der Waals surface area contributed by atoms with Crippen LogP contribution in [0.4, 0.5) is 5.69 Å². The average molecular weight is 258 g/mol. The number of nitrogens with zero attached hydrogens (tertiary/aromatic N) is 1. The molecule has 0 saturated carbocycles. The minimum absolute atomic E-state index is 0.208. The topological polar surface area (TPSA) is 66.6 Å². The molecule has 1 aromatic carbocycles. The number of anilines is 1. The summed E-state index contributed by atoms with van der Waals surface area (Å²) in [5.41, 5.74) is 1.80. The van der Waals surface area contributed by atoms with Crippen LogP contribution >= 0.6 is 0 Å². The summed E-state index contributed by atoms with van der Waals surface area (Å²) in [5.74, 6) is 4.86. The number of carbonyl (C=O) groups is 1. The highest BCUT2D eigenvalue weighted by atomic mass is 16.4. The van der Waals surface area contributed by atoms with Gasteiger partial charge in [0.2, 0.25) is 0 Å². The lowest BCUT2D eigenvalue weighted by Gasteiger charge is -2.13. The normalized spacial score (nSPS) is 11.1. The molecular formula is C15H18N2O2. The van der Waals surface area contributed by atoms with Crippen molar-refractivity contribution in [3.8, 4) is 0 Å². The molecule has 0 bridgehead atoms. The van der Waals surface area contributed by atoms with E-state index < -0.39 is 5.97 Å². The maximum absolute atomic E-state index is 10.9. The van der Waals surface area contributed by atoms with Crippen molar-refractivity contribution in [3.05, 3.63) is 66.4 Å². The summed E-state index contributed by atoms with van der Waals surface area (Å²) < 4.78 is 0. The molecule has 0 fully saturated rings. The van der Waals surface area contributed by atoms with E-state index in [1.165, 1.54) is 17.1 Å². The summed E-state index contributed by atoms with van der Waals surface area (Å²) in [7, 11) is 0. The molecule has 0 aliphatic rings. The first-order valence-corrected chi connectivity index (χ1v) is 5.89. The molecule has 0 amide bonds. The number of nitrogens with two attached hydrogens (primary N) is 1. The average Bonchev–Trinajstić information content (AvgIpc) is 2.39. The van der Waals surface area contributed by atoms with Gasteiger partial charge in [-0.25, -0.2) is 10.6 Å². The molecule has 0 aromatic heterocycles. The number of aromatic carboxylic acids is 1. The van der Waals surface area contributed by atoms with Crippen LogP contribution in [0.5, 0.6) is 0 Å². The molecule has 4 nitrogen and oxygen atoms in total. The Bertz CT molecular complexity index is 519. The van der Waals surface area contributed by atoms with Gasteiger partial charge in [0.15, 0.2) is 0 Å².